The van der Waals surface area contributed by atoms with E-state index in [1.807, 2.05) is 48.0 Å². The Balaban J connectivity index is 1.89. The molecule has 6 nitrogen and oxygen atoms in total. The standard InChI is InChI=1S/C19H12ClN3O3S/c1-22-16-9-6-11-4-2-3-5-13(11)17(16)27-19(22)21-18(24)14-10-12(23(25)26)7-8-15(14)20/h2-10H,1H3. The highest BCUT2D eigenvalue weighted by molar-refractivity contribution is 7.17. The molecule has 1 amide bonds. The number of halogens is 1. The Hall–Kier alpha value is -3.03. The Labute approximate surface area is 162 Å². The summed E-state index contributed by atoms with van der Waals surface area (Å²) in [7, 11) is 1.83. The third kappa shape index (κ3) is 3.01. The number of non-ortho nitro benzene ring substituents is 1. The number of benzene rings is 3. The SMILES string of the molecule is Cn1c(=NC(=O)c2cc([N+](=O)[O-])ccc2Cl)sc2c3ccccc3ccc21. The summed E-state index contributed by atoms with van der Waals surface area (Å²) in [6.07, 6.45) is 0. The van der Waals surface area contributed by atoms with E-state index in [0.717, 1.165) is 27.1 Å². The molecule has 134 valence electrons. The summed E-state index contributed by atoms with van der Waals surface area (Å²) in [5, 5.41) is 13.3. The first-order valence-corrected chi connectivity index (χ1v) is 9.15. The first kappa shape index (κ1) is 17.4. The molecule has 0 atom stereocenters. The molecule has 4 aromatic rings. The molecule has 0 N–H and O–H groups in total. The summed E-state index contributed by atoms with van der Waals surface area (Å²) in [5.74, 6) is -0.616. The van der Waals surface area contributed by atoms with Gasteiger partial charge in [0.25, 0.3) is 11.6 Å². The van der Waals surface area contributed by atoms with E-state index < -0.39 is 10.8 Å². The Kier molecular flexibility index (Phi) is 4.25. The van der Waals surface area contributed by atoms with Crippen LogP contribution < -0.4 is 4.80 Å². The van der Waals surface area contributed by atoms with Crippen LogP contribution in [0.3, 0.4) is 0 Å². The third-order valence-corrected chi connectivity index (χ3v) is 5.80. The minimum absolute atomic E-state index is 0.00757. The lowest BCUT2D eigenvalue weighted by Crippen LogP contribution is -2.13. The molecule has 3 aromatic carbocycles. The molecular weight excluding hydrogens is 386 g/mol. The molecule has 4 rings (SSSR count). The van der Waals surface area contributed by atoms with Gasteiger partial charge in [-0.05, 0) is 17.5 Å². The van der Waals surface area contributed by atoms with Crippen LogP contribution in [0.15, 0.2) is 59.6 Å². The first-order chi connectivity index (χ1) is 13.0. The lowest BCUT2D eigenvalue weighted by Gasteiger charge is -2.00. The van der Waals surface area contributed by atoms with Gasteiger partial charge >= 0.3 is 0 Å². The molecule has 0 aliphatic heterocycles. The van der Waals surface area contributed by atoms with Gasteiger partial charge in [-0.1, -0.05) is 53.3 Å². The fraction of sp³-hybridized carbons (Fsp3) is 0.0526. The Morgan fingerprint density at radius 1 is 1.19 bits per heavy atom. The number of nitrogens with zero attached hydrogens (tertiary/aromatic N) is 3. The van der Waals surface area contributed by atoms with Crippen LogP contribution in [0.1, 0.15) is 10.4 Å². The summed E-state index contributed by atoms with van der Waals surface area (Å²) in [4.78, 5) is 27.7. The van der Waals surface area contributed by atoms with Crippen molar-refractivity contribution < 1.29 is 9.72 Å². The fourth-order valence-corrected chi connectivity index (χ4v) is 4.25. The highest BCUT2D eigenvalue weighted by Crippen LogP contribution is 2.27. The van der Waals surface area contributed by atoms with Crippen molar-refractivity contribution in [2.45, 2.75) is 0 Å². The number of nitro groups is 1. The van der Waals surface area contributed by atoms with Crippen LogP contribution in [-0.2, 0) is 7.05 Å². The quantitative estimate of drug-likeness (QED) is 0.363. The number of aryl methyl sites for hydroxylation is 1. The van der Waals surface area contributed by atoms with Crippen LogP contribution in [0.5, 0.6) is 0 Å². The number of nitro benzene ring substituents is 1. The number of amides is 1. The zero-order valence-electron chi connectivity index (χ0n) is 14.0. The molecule has 1 aromatic heterocycles. The van der Waals surface area contributed by atoms with Gasteiger partial charge in [0.05, 0.1) is 25.7 Å². The summed E-state index contributed by atoms with van der Waals surface area (Å²) in [6.45, 7) is 0. The van der Waals surface area contributed by atoms with E-state index in [1.165, 1.54) is 23.5 Å². The van der Waals surface area contributed by atoms with Gasteiger partial charge in [-0.15, -0.1) is 0 Å². The minimum atomic E-state index is -0.616. The van der Waals surface area contributed by atoms with Crippen molar-refractivity contribution >= 4 is 55.5 Å². The van der Waals surface area contributed by atoms with Gasteiger partial charge in [0.15, 0.2) is 4.80 Å². The molecule has 0 aliphatic carbocycles. The molecule has 0 unspecified atom stereocenters. The maximum Gasteiger partial charge on any atom is 0.281 e. The Morgan fingerprint density at radius 3 is 2.74 bits per heavy atom. The topological polar surface area (TPSA) is 77.5 Å². The summed E-state index contributed by atoms with van der Waals surface area (Å²) < 4.78 is 2.85. The monoisotopic (exact) mass is 397 g/mol. The molecule has 0 spiro atoms. The van der Waals surface area contributed by atoms with Crippen molar-refractivity contribution in [3.63, 3.8) is 0 Å². The fourth-order valence-electron chi connectivity index (χ4n) is 2.90. The highest BCUT2D eigenvalue weighted by Gasteiger charge is 2.16. The van der Waals surface area contributed by atoms with E-state index in [4.69, 9.17) is 11.6 Å². The van der Waals surface area contributed by atoms with Gasteiger partial charge in [-0.3, -0.25) is 14.9 Å². The van der Waals surface area contributed by atoms with E-state index in [2.05, 4.69) is 4.99 Å². The molecule has 0 bridgehead atoms. The number of aromatic nitrogens is 1. The largest absolute Gasteiger partial charge is 0.319 e. The number of carbonyl (C=O) groups is 1. The van der Waals surface area contributed by atoms with Crippen LogP contribution >= 0.6 is 22.9 Å². The molecule has 0 saturated carbocycles. The van der Waals surface area contributed by atoms with Crippen LogP contribution in [0.25, 0.3) is 21.0 Å². The van der Waals surface area contributed by atoms with Crippen LogP contribution in [-0.4, -0.2) is 15.4 Å². The zero-order valence-corrected chi connectivity index (χ0v) is 15.6. The lowest BCUT2D eigenvalue weighted by atomic mass is 10.1. The summed E-state index contributed by atoms with van der Waals surface area (Å²) in [6, 6.07) is 15.7. The van der Waals surface area contributed by atoms with E-state index in [9.17, 15) is 14.9 Å². The second-order valence-electron chi connectivity index (χ2n) is 5.92. The first-order valence-electron chi connectivity index (χ1n) is 7.96. The summed E-state index contributed by atoms with van der Waals surface area (Å²) >= 11 is 7.44. The average molecular weight is 398 g/mol. The zero-order chi connectivity index (χ0) is 19.1. The van der Waals surface area contributed by atoms with Crippen molar-refractivity contribution in [2.75, 3.05) is 0 Å². The number of thiazole rings is 1. The number of hydrogen-bond acceptors (Lipinski definition) is 4. The van der Waals surface area contributed by atoms with Crippen LogP contribution in [0, 0.1) is 10.1 Å². The number of carbonyl (C=O) groups excluding carboxylic acids is 1. The minimum Gasteiger partial charge on any atom is -0.319 e. The number of hydrogen-bond donors (Lipinski definition) is 0. The normalized spacial score (nSPS) is 12.0. The molecule has 0 aliphatic rings. The number of fused-ring (bicyclic) bond motifs is 3. The van der Waals surface area contributed by atoms with E-state index in [1.54, 1.807) is 0 Å². The maximum atomic E-state index is 12.6. The van der Waals surface area contributed by atoms with Crippen LogP contribution in [0.2, 0.25) is 5.02 Å². The van der Waals surface area contributed by atoms with Crippen molar-refractivity contribution in [2.24, 2.45) is 12.0 Å². The van der Waals surface area contributed by atoms with E-state index in [-0.39, 0.29) is 16.3 Å². The van der Waals surface area contributed by atoms with E-state index in [0.29, 0.717) is 4.80 Å². The number of rotatable bonds is 2. The molecule has 1 heterocycles. The van der Waals surface area contributed by atoms with Crippen LogP contribution in [0.4, 0.5) is 5.69 Å². The Bertz CT molecular complexity index is 1310. The average Bonchev–Trinajstić information content (AvgIpc) is 2.98. The molecule has 0 radical (unpaired) electrons. The predicted octanol–water partition coefficient (Wildman–Crippen LogP) is 4.70. The van der Waals surface area contributed by atoms with Crippen molar-refractivity contribution in [1.82, 2.24) is 4.57 Å². The highest BCUT2D eigenvalue weighted by atomic mass is 35.5. The molecule has 0 fully saturated rings. The lowest BCUT2D eigenvalue weighted by molar-refractivity contribution is -0.384. The summed E-state index contributed by atoms with van der Waals surface area (Å²) in [5.41, 5.74) is 0.758. The van der Waals surface area contributed by atoms with E-state index >= 15 is 0 Å². The smallest absolute Gasteiger partial charge is 0.281 e. The predicted molar refractivity (Wildman–Crippen MR) is 106 cm³/mol. The van der Waals surface area contributed by atoms with Gasteiger partial charge in [0.1, 0.15) is 0 Å². The van der Waals surface area contributed by atoms with Crippen molar-refractivity contribution in [3.8, 4) is 0 Å². The van der Waals surface area contributed by atoms with Crippen molar-refractivity contribution in [3.05, 3.63) is 80.1 Å². The van der Waals surface area contributed by atoms with Gasteiger partial charge < -0.3 is 4.57 Å². The van der Waals surface area contributed by atoms with Gasteiger partial charge in [0, 0.05) is 24.6 Å². The molecule has 27 heavy (non-hydrogen) atoms. The Morgan fingerprint density at radius 2 is 1.96 bits per heavy atom. The molecular formula is C19H12ClN3O3S. The second-order valence-corrected chi connectivity index (χ2v) is 7.30. The van der Waals surface area contributed by atoms with Crippen molar-refractivity contribution in [1.29, 1.82) is 0 Å². The third-order valence-electron chi connectivity index (χ3n) is 4.29. The van der Waals surface area contributed by atoms with Gasteiger partial charge in [-0.25, -0.2) is 0 Å². The maximum absolute atomic E-state index is 12.6. The van der Waals surface area contributed by atoms with Gasteiger partial charge in [-0.2, -0.15) is 4.99 Å². The second kappa shape index (κ2) is 6.61. The molecule has 8 heteroatoms. The molecule has 0 saturated heterocycles. The van der Waals surface area contributed by atoms with Gasteiger partial charge in [0.2, 0.25) is 0 Å².